The molecule has 0 aliphatic heterocycles. The quantitative estimate of drug-likeness (QED) is 0.372. The van der Waals surface area contributed by atoms with Crippen molar-refractivity contribution < 1.29 is 0 Å². The van der Waals surface area contributed by atoms with Gasteiger partial charge in [-0.25, -0.2) is 0 Å². The Morgan fingerprint density at radius 1 is 0.500 bits per heavy atom. The minimum absolute atomic E-state index is 1.06. The molecule has 0 aliphatic carbocycles. The maximum Gasteiger partial charge on any atom is -0.0149 e. The fraction of sp³-hybridized carbons (Fsp3) is 0.0385. The van der Waals surface area contributed by atoms with Crippen LogP contribution in [0.15, 0.2) is 97.1 Å². The molecule has 0 aromatic heterocycles. The number of hydrogen-bond donors (Lipinski definition) is 0. The Labute approximate surface area is 155 Å². The zero-order chi connectivity index (χ0) is 17.9. The van der Waals surface area contributed by atoms with Gasteiger partial charge < -0.3 is 0 Å². The van der Waals surface area contributed by atoms with Crippen LogP contribution < -0.4 is 0 Å². The third-order valence-electron chi connectivity index (χ3n) is 4.84. The second-order valence-electron chi connectivity index (χ2n) is 6.63. The van der Waals surface area contributed by atoms with Crippen LogP contribution >= 0.6 is 0 Å². The molecule has 0 aliphatic rings. The van der Waals surface area contributed by atoms with Crippen molar-refractivity contribution in [1.29, 1.82) is 0 Å². The molecule has 26 heavy (non-hydrogen) atoms. The molecule has 0 fully saturated rings. The first-order valence-corrected chi connectivity index (χ1v) is 8.90. The highest BCUT2D eigenvalue weighted by atomic mass is 14.1. The molecule has 4 rings (SSSR count). The summed E-state index contributed by atoms with van der Waals surface area (Å²) in [7, 11) is 0. The predicted molar refractivity (Wildman–Crippen MR) is 112 cm³/mol. The van der Waals surface area contributed by atoms with Crippen molar-refractivity contribution in [1.82, 2.24) is 0 Å². The fourth-order valence-electron chi connectivity index (χ4n) is 3.44. The normalized spacial score (nSPS) is 10.7. The number of hydrogen-bond acceptors (Lipinski definition) is 0. The van der Waals surface area contributed by atoms with Gasteiger partial charge in [-0.15, -0.1) is 0 Å². The van der Waals surface area contributed by atoms with Crippen LogP contribution in [0.5, 0.6) is 0 Å². The molecule has 0 nitrogen and oxygen atoms in total. The molecular weight excluding hydrogens is 312 g/mol. The lowest BCUT2D eigenvalue weighted by atomic mass is 9.91. The Balaban J connectivity index is 1.72. The summed E-state index contributed by atoms with van der Waals surface area (Å²) in [5, 5.41) is 0. The van der Waals surface area contributed by atoms with Gasteiger partial charge in [-0.05, 0) is 58.4 Å². The van der Waals surface area contributed by atoms with Crippen LogP contribution in [0.25, 0.3) is 33.4 Å². The van der Waals surface area contributed by atoms with Gasteiger partial charge in [0.15, 0.2) is 0 Å². The van der Waals surface area contributed by atoms with Gasteiger partial charge in [0.2, 0.25) is 0 Å². The van der Waals surface area contributed by atoms with Crippen molar-refractivity contribution in [3.63, 3.8) is 0 Å². The molecule has 4 aromatic rings. The number of aryl methyl sites for hydroxylation is 1. The summed E-state index contributed by atoms with van der Waals surface area (Å²) >= 11 is 0. The second kappa shape index (κ2) is 7.01. The van der Waals surface area contributed by atoms with Gasteiger partial charge in [0.1, 0.15) is 0 Å². The molecule has 0 saturated carbocycles. The Morgan fingerprint density at radius 3 is 1.50 bits per heavy atom. The van der Waals surface area contributed by atoms with Crippen LogP contribution in [0.4, 0.5) is 0 Å². The summed E-state index contributed by atoms with van der Waals surface area (Å²) < 4.78 is 0. The van der Waals surface area contributed by atoms with Crippen LogP contribution in [0.1, 0.15) is 11.1 Å². The van der Waals surface area contributed by atoms with E-state index in [1.807, 2.05) is 12.1 Å². The largest absolute Gasteiger partial charge is 0.0622 e. The maximum atomic E-state index is 4.30. The van der Waals surface area contributed by atoms with Gasteiger partial charge >= 0.3 is 0 Å². The van der Waals surface area contributed by atoms with Gasteiger partial charge in [0.25, 0.3) is 0 Å². The molecule has 0 heterocycles. The first-order chi connectivity index (χ1) is 12.7. The minimum atomic E-state index is 1.06. The Kier molecular flexibility index (Phi) is 4.41. The van der Waals surface area contributed by atoms with Crippen LogP contribution in [0.2, 0.25) is 0 Å². The van der Waals surface area contributed by atoms with Crippen LogP contribution in [-0.4, -0.2) is 0 Å². The van der Waals surface area contributed by atoms with E-state index in [1.165, 1.54) is 38.9 Å². The topological polar surface area (TPSA) is 0 Å². The summed E-state index contributed by atoms with van der Waals surface area (Å²) in [6.07, 6.45) is 0. The molecule has 0 amide bonds. The summed E-state index contributed by atoms with van der Waals surface area (Å²) in [5.41, 5.74) is 9.69. The molecule has 0 spiro atoms. The molecule has 0 atom stereocenters. The lowest BCUT2D eigenvalue weighted by Crippen LogP contribution is -1.89. The molecule has 0 saturated heterocycles. The smallest absolute Gasteiger partial charge is 0.0149 e. The highest BCUT2D eigenvalue weighted by Crippen LogP contribution is 2.32. The third kappa shape index (κ3) is 3.19. The molecule has 0 unspecified atom stereocenters. The highest BCUT2D eigenvalue weighted by molar-refractivity contribution is 5.78. The van der Waals surface area contributed by atoms with Gasteiger partial charge in [-0.2, -0.15) is 0 Å². The van der Waals surface area contributed by atoms with Gasteiger partial charge in [-0.3, -0.25) is 0 Å². The second-order valence-corrected chi connectivity index (χ2v) is 6.63. The first-order valence-electron chi connectivity index (χ1n) is 8.90. The van der Waals surface area contributed by atoms with Crippen LogP contribution in [0.3, 0.4) is 0 Å². The van der Waals surface area contributed by atoms with Crippen molar-refractivity contribution in [3.05, 3.63) is 115 Å². The van der Waals surface area contributed by atoms with E-state index in [1.54, 1.807) is 0 Å². The van der Waals surface area contributed by atoms with Crippen molar-refractivity contribution in [2.45, 2.75) is 6.92 Å². The Bertz CT molecular complexity index is 941. The Morgan fingerprint density at radius 2 is 1.00 bits per heavy atom. The molecule has 0 heteroatoms. The summed E-state index contributed by atoms with van der Waals surface area (Å²) in [5.74, 6) is 0. The van der Waals surface area contributed by atoms with E-state index >= 15 is 0 Å². The maximum absolute atomic E-state index is 4.30. The lowest BCUT2D eigenvalue weighted by Gasteiger charge is -2.13. The van der Waals surface area contributed by atoms with E-state index in [0.29, 0.717) is 0 Å². The highest BCUT2D eigenvalue weighted by Gasteiger charge is 2.08. The monoisotopic (exact) mass is 333 g/mol. The molecular formula is C26H21. The van der Waals surface area contributed by atoms with E-state index < -0.39 is 0 Å². The average Bonchev–Trinajstić information content (AvgIpc) is 2.69. The molecule has 4 aromatic carbocycles. The lowest BCUT2D eigenvalue weighted by molar-refractivity contribution is 1.44. The number of benzene rings is 4. The van der Waals surface area contributed by atoms with Gasteiger partial charge in [0.05, 0.1) is 0 Å². The first kappa shape index (κ1) is 16.4. The fourth-order valence-corrected chi connectivity index (χ4v) is 3.44. The Hall–Kier alpha value is -3.12. The zero-order valence-electron chi connectivity index (χ0n) is 14.9. The third-order valence-corrected chi connectivity index (χ3v) is 4.84. The van der Waals surface area contributed by atoms with Gasteiger partial charge in [-0.1, -0.05) is 97.1 Å². The van der Waals surface area contributed by atoms with E-state index in [9.17, 15) is 0 Å². The van der Waals surface area contributed by atoms with Crippen molar-refractivity contribution >= 4 is 0 Å². The van der Waals surface area contributed by atoms with E-state index in [0.717, 1.165) is 5.56 Å². The van der Waals surface area contributed by atoms with Gasteiger partial charge in [0, 0.05) is 0 Å². The standard InChI is InChI=1S/C26H21/c1-19-17-23(21-9-5-3-6-10-21)13-15-25(19)26-16-14-24(18-20(26)2)22-11-7-4-8-12-22/h3-18H,1H2,2H3. The summed E-state index contributed by atoms with van der Waals surface area (Å²) in [4.78, 5) is 0. The van der Waals surface area contributed by atoms with Crippen LogP contribution in [0, 0.1) is 13.8 Å². The zero-order valence-corrected chi connectivity index (χ0v) is 14.9. The molecule has 0 N–H and O–H groups in total. The molecule has 1 radical (unpaired) electrons. The summed E-state index contributed by atoms with van der Waals surface area (Å²) in [6.45, 7) is 6.48. The van der Waals surface area contributed by atoms with Crippen LogP contribution in [-0.2, 0) is 0 Å². The SMILES string of the molecule is [CH2]c1cc(-c2ccccc2)ccc1-c1ccc(-c2ccccc2)cc1C. The molecule has 125 valence electrons. The van der Waals surface area contributed by atoms with E-state index in [4.69, 9.17) is 0 Å². The summed E-state index contributed by atoms with van der Waals surface area (Å²) in [6, 6.07) is 34.2. The van der Waals surface area contributed by atoms with Crippen molar-refractivity contribution in [2.75, 3.05) is 0 Å². The van der Waals surface area contributed by atoms with Crippen molar-refractivity contribution in [3.8, 4) is 33.4 Å². The average molecular weight is 333 g/mol. The molecule has 0 bridgehead atoms. The van der Waals surface area contributed by atoms with E-state index in [2.05, 4.69) is 98.8 Å². The van der Waals surface area contributed by atoms with Crippen molar-refractivity contribution in [2.24, 2.45) is 0 Å². The predicted octanol–water partition coefficient (Wildman–Crippen LogP) is 7.18. The van der Waals surface area contributed by atoms with E-state index in [-0.39, 0.29) is 0 Å². The minimum Gasteiger partial charge on any atom is -0.0622 e. The number of rotatable bonds is 3.